The van der Waals surface area contributed by atoms with Gasteiger partial charge in [-0.3, -0.25) is 4.79 Å². The van der Waals surface area contributed by atoms with Gasteiger partial charge in [-0.05, 0) is 110 Å². The summed E-state index contributed by atoms with van der Waals surface area (Å²) < 4.78 is 0. The molecule has 0 heterocycles. The minimum atomic E-state index is -0.705. The summed E-state index contributed by atoms with van der Waals surface area (Å²) in [4.78, 5) is 11.1. The molecule has 11 atom stereocenters. The third-order valence-corrected chi connectivity index (χ3v) is 11.0. The molecule has 0 aromatic rings. The van der Waals surface area contributed by atoms with Crippen LogP contribution >= 0.6 is 0 Å². The van der Waals surface area contributed by atoms with Crippen molar-refractivity contribution in [2.24, 2.45) is 52.3 Å². The lowest BCUT2D eigenvalue weighted by Crippen LogP contribution is -2.62. The Balaban J connectivity index is 1.62. The number of hydrogen-bond acceptors (Lipinski definition) is 4. The van der Waals surface area contributed by atoms with Crippen molar-refractivity contribution in [1.29, 1.82) is 0 Å². The quantitative estimate of drug-likeness (QED) is 0.503. The van der Waals surface area contributed by atoms with Gasteiger partial charge >= 0.3 is 5.97 Å². The molecule has 178 valence electrons. The summed E-state index contributed by atoms with van der Waals surface area (Å²) in [7, 11) is 0. The Kier molecular flexibility index (Phi) is 6.53. The Morgan fingerprint density at radius 1 is 1.00 bits per heavy atom. The molecule has 0 amide bonds. The molecule has 4 N–H and O–H groups in total. The number of aliphatic hydroxyl groups is 3. The topological polar surface area (TPSA) is 98.0 Å². The number of carbonyl (C=O) groups is 1. The van der Waals surface area contributed by atoms with E-state index < -0.39 is 12.1 Å². The summed E-state index contributed by atoms with van der Waals surface area (Å²) in [6.45, 7) is 7.18. The molecule has 31 heavy (non-hydrogen) atoms. The van der Waals surface area contributed by atoms with Gasteiger partial charge in [0.05, 0.1) is 12.2 Å². The van der Waals surface area contributed by atoms with Gasteiger partial charge in [-0.25, -0.2) is 0 Å². The molecule has 0 saturated heterocycles. The van der Waals surface area contributed by atoms with Crippen LogP contribution in [0.15, 0.2) is 0 Å². The molecule has 0 spiro atoms. The number of fused-ring (bicyclic) bond motifs is 5. The van der Waals surface area contributed by atoms with E-state index in [2.05, 4.69) is 20.8 Å². The Morgan fingerprint density at radius 2 is 1.68 bits per heavy atom. The molecule has 0 radical (unpaired) electrons. The Hall–Kier alpha value is -0.650. The molecule has 0 aromatic heterocycles. The number of rotatable bonds is 6. The van der Waals surface area contributed by atoms with Gasteiger partial charge in [-0.1, -0.05) is 20.8 Å². The van der Waals surface area contributed by atoms with E-state index in [9.17, 15) is 20.1 Å². The molecule has 4 fully saturated rings. The monoisotopic (exact) mass is 436 g/mol. The highest BCUT2D eigenvalue weighted by Gasteiger charge is 2.64. The molecule has 0 bridgehead atoms. The molecule has 11 unspecified atom stereocenters. The second-order valence-electron chi connectivity index (χ2n) is 12.1. The molecular weight excluding hydrogens is 392 g/mol. The molecule has 4 aliphatic rings. The van der Waals surface area contributed by atoms with E-state index in [0.29, 0.717) is 30.1 Å². The zero-order chi connectivity index (χ0) is 22.6. The molecule has 4 saturated carbocycles. The molecule has 0 aliphatic heterocycles. The number of aliphatic hydroxyl groups excluding tert-OH is 3. The van der Waals surface area contributed by atoms with Gasteiger partial charge in [0.2, 0.25) is 0 Å². The standard InChI is InChI=1S/C26H44O5/c1-15(4-7-22(29)30)18-5-6-19-23-20(9-12-25(18,19)2)26(3)11-8-16(28)14-21(26)17(10-13-27)24(23)31/h15-21,23-24,27-28,31H,4-14H2,1-3H3,(H,29,30). The van der Waals surface area contributed by atoms with Crippen LogP contribution in [0.3, 0.4) is 0 Å². The van der Waals surface area contributed by atoms with E-state index in [1.165, 1.54) is 6.42 Å². The van der Waals surface area contributed by atoms with Crippen LogP contribution in [0.1, 0.15) is 85.0 Å². The number of carboxylic acids is 1. The van der Waals surface area contributed by atoms with E-state index in [1.54, 1.807) is 0 Å². The van der Waals surface area contributed by atoms with Crippen molar-refractivity contribution >= 4 is 5.97 Å². The first kappa shape index (κ1) is 23.5. The van der Waals surface area contributed by atoms with Crippen molar-refractivity contribution in [3.05, 3.63) is 0 Å². The Labute approximate surface area is 187 Å². The summed E-state index contributed by atoms with van der Waals surface area (Å²) in [6, 6.07) is 0. The minimum absolute atomic E-state index is 0.0667. The van der Waals surface area contributed by atoms with Gasteiger partial charge in [0, 0.05) is 13.0 Å². The fraction of sp³-hybridized carbons (Fsp3) is 0.962. The maximum absolute atomic E-state index is 11.7. The van der Waals surface area contributed by atoms with Crippen molar-refractivity contribution in [2.75, 3.05) is 6.61 Å². The van der Waals surface area contributed by atoms with Crippen LogP contribution in [0.5, 0.6) is 0 Å². The maximum Gasteiger partial charge on any atom is 0.303 e. The zero-order valence-corrected chi connectivity index (χ0v) is 19.7. The highest BCUT2D eigenvalue weighted by atomic mass is 16.4. The molecular formula is C26H44O5. The first-order chi connectivity index (χ1) is 14.6. The van der Waals surface area contributed by atoms with Crippen LogP contribution in [0.4, 0.5) is 0 Å². The summed E-state index contributed by atoms with van der Waals surface area (Å²) in [5.41, 5.74) is 0.304. The Bertz CT molecular complexity index is 666. The number of hydrogen-bond donors (Lipinski definition) is 4. The lowest BCUT2D eigenvalue weighted by Gasteiger charge is -2.64. The van der Waals surface area contributed by atoms with Crippen LogP contribution in [0.25, 0.3) is 0 Å². The fourth-order valence-electron chi connectivity index (χ4n) is 9.48. The summed E-state index contributed by atoms with van der Waals surface area (Å²) in [5, 5.41) is 41.1. The van der Waals surface area contributed by atoms with Gasteiger partial charge in [0.25, 0.3) is 0 Å². The van der Waals surface area contributed by atoms with Crippen LogP contribution < -0.4 is 0 Å². The van der Waals surface area contributed by atoms with E-state index in [-0.39, 0.29) is 47.7 Å². The summed E-state index contributed by atoms with van der Waals surface area (Å²) in [6.07, 6.45) is 8.14. The highest BCUT2D eigenvalue weighted by molar-refractivity contribution is 5.66. The van der Waals surface area contributed by atoms with E-state index >= 15 is 0 Å². The lowest BCUT2D eigenvalue weighted by atomic mass is 9.41. The van der Waals surface area contributed by atoms with Gasteiger partial charge in [-0.2, -0.15) is 0 Å². The number of aliphatic carboxylic acids is 1. The third-order valence-electron chi connectivity index (χ3n) is 11.0. The normalized spacial score (nSPS) is 50.3. The van der Waals surface area contributed by atoms with Crippen molar-refractivity contribution < 1.29 is 25.2 Å². The van der Waals surface area contributed by atoms with E-state index in [1.807, 2.05) is 0 Å². The van der Waals surface area contributed by atoms with Crippen LogP contribution in [0.2, 0.25) is 0 Å². The first-order valence-corrected chi connectivity index (χ1v) is 12.8. The van der Waals surface area contributed by atoms with E-state index in [4.69, 9.17) is 5.11 Å². The van der Waals surface area contributed by atoms with Gasteiger partial charge < -0.3 is 20.4 Å². The molecule has 4 rings (SSSR count). The van der Waals surface area contributed by atoms with Gasteiger partial charge in [0.1, 0.15) is 0 Å². The summed E-state index contributed by atoms with van der Waals surface area (Å²) in [5.74, 6) is 1.80. The van der Waals surface area contributed by atoms with Crippen LogP contribution in [0, 0.1) is 52.3 Å². The van der Waals surface area contributed by atoms with Crippen molar-refractivity contribution in [2.45, 2.75) is 97.2 Å². The molecule has 5 heteroatoms. The molecule has 5 nitrogen and oxygen atoms in total. The smallest absolute Gasteiger partial charge is 0.303 e. The van der Waals surface area contributed by atoms with Gasteiger partial charge in [-0.15, -0.1) is 0 Å². The second-order valence-corrected chi connectivity index (χ2v) is 12.1. The van der Waals surface area contributed by atoms with Crippen LogP contribution in [-0.4, -0.2) is 45.2 Å². The maximum atomic E-state index is 11.7. The van der Waals surface area contributed by atoms with Crippen LogP contribution in [-0.2, 0) is 4.79 Å². The fourth-order valence-corrected chi connectivity index (χ4v) is 9.48. The second kappa shape index (κ2) is 8.61. The average Bonchev–Trinajstić information content (AvgIpc) is 3.07. The zero-order valence-electron chi connectivity index (χ0n) is 19.7. The van der Waals surface area contributed by atoms with Crippen molar-refractivity contribution in [3.8, 4) is 0 Å². The Morgan fingerprint density at radius 3 is 2.35 bits per heavy atom. The minimum Gasteiger partial charge on any atom is -0.481 e. The lowest BCUT2D eigenvalue weighted by molar-refractivity contribution is -0.205. The van der Waals surface area contributed by atoms with Crippen molar-refractivity contribution in [1.82, 2.24) is 0 Å². The largest absolute Gasteiger partial charge is 0.481 e. The van der Waals surface area contributed by atoms with Crippen molar-refractivity contribution in [3.63, 3.8) is 0 Å². The molecule has 0 aromatic carbocycles. The third kappa shape index (κ3) is 3.77. The number of carboxylic acid groups (broad SMARTS) is 1. The van der Waals surface area contributed by atoms with E-state index in [0.717, 1.165) is 44.9 Å². The highest BCUT2D eigenvalue weighted by Crippen LogP contribution is 2.69. The van der Waals surface area contributed by atoms with Gasteiger partial charge in [0.15, 0.2) is 0 Å². The summed E-state index contributed by atoms with van der Waals surface area (Å²) >= 11 is 0. The molecule has 4 aliphatic carbocycles. The SMILES string of the molecule is CC(CCC(=O)O)C1CCC2C3C(O)C(CCO)C4CC(O)CCC4(C)C3CCC12C. The predicted octanol–water partition coefficient (Wildman–Crippen LogP) is 4.09. The first-order valence-electron chi connectivity index (χ1n) is 12.8. The predicted molar refractivity (Wildman–Crippen MR) is 119 cm³/mol. The average molecular weight is 437 g/mol.